The van der Waals surface area contributed by atoms with Crippen molar-refractivity contribution in [3.63, 3.8) is 0 Å². The summed E-state index contributed by atoms with van der Waals surface area (Å²) < 4.78 is 7.45. The molecular weight excluding hydrogens is 379 g/mol. The normalized spacial score (nSPS) is 15.1. The zero-order valence-corrected chi connectivity index (χ0v) is 14.9. The van der Waals surface area contributed by atoms with Gasteiger partial charge >= 0.3 is 0 Å². The Morgan fingerprint density at radius 1 is 1.29 bits per heavy atom. The summed E-state index contributed by atoms with van der Waals surface area (Å²) in [7, 11) is 1.80. The molecule has 0 aromatic carbocycles. The molecule has 118 valence electrons. The Labute approximate surface area is 143 Å². The lowest BCUT2D eigenvalue weighted by atomic mass is 10.1. The Morgan fingerprint density at radius 2 is 2.05 bits per heavy atom. The lowest BCUT2D eigenvalue weighted by molar-refractivity contribution is 0.153. The van der Waals surface area contributed by atoms with Crippen molar-refractivity contribution in [1.29, 1.82) is 0 Å². The summed E-state index contributed by atoms with van der Waals surface area (Å²) in [4.78, 5) is 4.23. The monoisotopic (exact) mass is 404 g/mol. The van der Waals surface area contributed by atoms with Crippen molar-refractivity contribution in [3.05, 3.63) is 36.2 Å². The summed E-state index contributed by atoms with van der Waals surface area (Å²) in [5.41, 5.74) is 1.48. The molecule has 5 nitrogen and oxygen atoms in total. The highest BCUT2D eigenvalue weighted by Gasteiger charge is 2.04. The Hall–Kier alpha value is -1.02. The maximum absolute atomic E-state index is 5.30. The van der Waals surface area contributed by atoms with Gasteiger partial charge in [-0.2, -0.15) is 0 Å². The van der Waals surface area contributed by atoms with Gasteiger partial charge in [0.25, 0.3) is 0 Å². The molecule has 0 unspecified atom stereocenters. The number of guanidine groups is 1. The highest BCUT2D eigenvalue weighted by atomic mass is 127. The van der Waals surface area contributed by atoms with E-state index in [-0.39, 0.29) is 24.0 Å². The van der Waals surface area contributed by atoms with Crippen molar-refractivity contribution in [1.82, 2.24) is 15.2 Å². The second-order valence-corrected chi connectivity index (χ2v) is 4.78. The lowest BCUT2D eigenvalue weighted by Gasteiger charge is -2.15. The molecule has 1 aromatic heterocycles. The second-order valence-electron chi connectivity index (χ2n) is 4.78. The van der Waals surface area contributed by atoms with Crippen LogP contribution in [0.4, 0.5) is 0 Å². The van der Waals surface area contributed by atoms with Crippen molar-refractivity contribution in [2.24, 2.45) is 4.99 Å². The summed E-state index contributed by atoms with van der Waals surface area (Å²) >= 11 is 0. The number of rotatable bonds is 6. The number of nitrogens with one attached hydrogen (secondary N) is 2. The minimum Gasteiger partial charge on any atom is -0.377 e. The summed E-state index contributed by atoms with van der Waals surface area (Å²) in [5.74, 6) is 0.866. The third kappa shape index (κ3) is 6.99. The lowest BCUT2D eigenvalue weighted by Crippen LogP contribution is -2.39. The predicted octanol–water partition coefficient (Wildman–Crippen LogP) is 2.01. The van der Waals surface area contributed by atoms with Crippen LogP contribution in [0.2, 0.25) is 0 Å². The van der Waals surface area contributed by atoms with Gasteiger partial charge < -0.3 is 19.9 Å². The van der Waals surface area contributed by atoms with Crippen LogP contribution >= 0.6 is 24.0 Å². The third-order valence-corrected chi connectivity index (χ3v) is 3.35. The van der Waals surface area contributed by atoms with Gasteiger partial charge in [0.1, 0.15) is 0 Å². The average molecular weight is 404 g/mol. The van der Waals surface area contributed by atoms with Crippen LogP contribution in [-0.2, 0) is 11.3 Å². The van der Waals surface area contributed by atoms with Crippen LogP contribution in [0, 0.1) is 0 Å². The first-order valence-electron chi connectivity index (χ1n) is 7.19. The molecule has 6 heteroatoms. The Kier molecular flexibility index (Phi) is 9.16. The topological polar surface area (TPSA) is 50.6 Å². The van der Waals surface area contributed by atoms with E-state index in [1.807, 2.05) is 12.1 Å². The molecule has 1 aliphatic heterocycles. The van der Waals surface area contributed by atoms with E-state index in [2.05, 4.69) is 38.7 Å². The summed E-state index contributed by atoms with van der Waals surface area (Å²) in [6.45, 7) is 4.34. The molecule has 0 spiro atoms. The van der Waals surface area contributed by atoms with E-state index in [0.29, 0.717) is 0 Å². The van der Waals surface area contributed by atoms with Crippen LogP contribution in [0.3, 0.4) is 0 Å². The van der Waals surface area contributed by atoms with Gasteiger partial charge in [0.05, 0.1) is 13.2 Å². The van der Waals surface area contributed by atoms with E-state index in [1.165, 1.54) is 5.57 Å². The van der Waals surface area contributed by atoms with E-state index in [4.69, 9.17) is 4.74 Å². The fourth-order valence-electron chi connectivity index (χ4n) is 2.18. The molecule has 0 amide bonds. The van der Waals surface area contributed by atoms with Crippen LogP contribution in [0.15, 0.2) is 41.2 Å². The first-order valence-corrected chi connectivity index (χ1v) is 7.19. The van der Waals surface area contributed by atoms with Crippen molar-refractivity contribution in [2.45, 2.75) is 19.4 Å². The summed E-state index contributed by atoms with van der Waals surface area (Å²) in [6, 6.07) is 4.07. The largest absolute Gasteiger partial charge is 0.377 e. The molecule has 0 aliphatic carbocycles. The molecule has 2 rings (SSSR count). The molecule has 21 heavy (non-hydrogen) atoms. The van der Waals surface area contributed by atoms with Gasteiger partial charge in [-0.3, -0.25) is 4.99 Å². The maximum Gasteiger partial charge on any atom is 0.191 e. The predicted molar refractivity (Wildman–Crippen MR) is 97.3 cm³/mol. The van der Waals surface area contributed by atoms with Crippen molar-refractivity contribution >= 4 is 29.9 Å². The van der Waals surface area contributed by atoms with Crippen LogP contribution in [-0.4, -0.2) is 43.9 Å². The van der Waals surface area contributed by atoms with E-state index >= 15 is 0 Å². The number of hydrogen-bond donors (Lipinski definition) is 2. The van der Waals surface area contributed by atoms with Gasteiger partial charge in [0.15, 0.2) is 5.96 Å². The molecule has 0 radical (unpaired) electrons. The number of ether oxygens (including phenoxy) is 1. The van der Waals surface area contributed by atoms with Crippen LogP contribution in [0.5, 0.6) is 0 Å². The first kappa shape index (κ1) is 18.0. The third-order valence-electron chi connectivity index (χ3n) is 3.35. The average Bonchev–Trinajstić information content (AvgIpc) is 3.00. The standard InChI is InChI=1S/C15H24N4O.HI/c1-16-15(18-8-11-19-9-2-3-10-19)17-7-4-14-5-12-20-13-6-14;/h2-3,5,9-10H,4,6-8,11-13H2,1H3,(H2,16,17,18);1H. The van der Waals surface area contributed by atoms with Gasteiger partial charge in [-0.15, -0.1) is 24.0 Å². The molecule has 2 N–H and O–H groups in total. The minimum absolute atomic E-state index is 0. The second kappa shape index (κ2) is 10.7. The molecule has 0 bridgehead atoms. The van der Waals surface area contributed by atoms with E-state index in [0.717, 1.165) is 51.6 Å². The molecule has 0 saturated carbocycles. The van der Waals surface area contributed by atoms with E-state index < -0.39 is 0 Å². The highest BCUT2D eigenvalue weighted by Crippen LogP contribution is 2.10. The smallest absolute Gasteiger partial charge is 0.191 e. The Bertz CT molecular complexity index is 443. The molecule has 1 aromatic rings. The SMILES string of the molecule is CN=C(NCCC1=CCOCC1)NCCn1cccc1.I. The molecule has 2 heterocycles. The van der Waals surface area contributed by atoms with Crippen molar-refractivity contribution < 1.29 is 4.74 Å². The fourth-order valence-corrected chi connectivity index (χ4v) is 2.18. The Balaban J connectivity index is 0.00000220. The van der Waals surface area contributed by atoms with Crippen LogP contribution < -0.4 is 10.6 Å². The zero-order chi connectivity index (χ0) is 14.0. The molecule has 0 saturated heterocycles. The van der Waals surface area contributed by atoms with E-state index in [1.54, 1.807) is 7.05 Å². The summed E-state index contributed by atoms with van der Waals surface area (Å²) in [5, 5.41) is 6.66. The van der Waals surface area contributed by atoms with Gasteiger partial charge in [-0.25, -0.2) is 0 Å². The van der Waals surface area contributed by atoms with Crippen molar-refractivity contribution in [3.8, 4) is 0 Å². The number of nitrogens with zero attached hydrogens (tertiary/aromatic N) is 2. The maximum atomic E-state index is 5.30. The Morgan fingerprint density at radius 3 is 2.71 bits per heavy atom. The number of hydrogen-bond acceptors (Lipinski definition) is 2. The zero-order valence-electron chi connectivity index (χ0n) is 12.5. The number of aliphatic imine (C=N–C) groups is 1. The van der Waals surface area contributed by atoms with Gasteiger partial charge in [0, 0.05) is 39.1 Å². The molecule has 0 atom stereocenters. The summed E-state index contributed by atoms with van der Waals surface area (Å²) in [6.07, 6.45) is 8.43. The van der Waals surface area contributed by atoms with Crippen molar-refractivity contribution in [2.75, 3.05) is 33.4 Å². The van der Waals surface area contributed by atoms with E-state index in [9.17, 15) is 0 Å². The fraction of sp³-hybridized carbons (Fsp3) is 0.533. The molecule has 0 fully saturated rings. The molecular formula is C15H25IN4O. The van der Waals surface area contributed by atoms with Crippen LogP contribution in [0.1, 0.15) is 12.8 Å². The molecule has 1 aliphatic rings. The number of aromatic nitrogens is 1. The highest BCUT2D eigenvalue weighted by molar-refractivity contribution is 14.0. The van der Waals surface area contributed by atoms with Crippen LogP contribution in [0.25, 0.3) is 0 Å². The first-order chi connectivity index (χ1) is 9.88. The van der Waals surface area contributed by atoms with Gasteiger partial charge in [-0.1, -0.05) is 11.6 Å². The van der Waals surface area contributed by atoms with Gasteiger partial charge in [0.2, 0.25) is 0 Å². The van der Waals surface area contributed by atoms with Gasteiger partial charge in [-0.05, 0) is 25.0 Å². The quantitative estimate of drug-likeness (QED) is 0.330. The number of halogens is 1. The minimum atomic E-state index is 0.